The predicted octanol–water partition coefficient (Wildman–Crippen LogP) is 2.84. The van der Waals surface area contributed by atoms with Crippen molar-refractivity contribution in [2.24, 2.45) is 5.73 Å². The molecule has 1 unspecified atom stereocenters. The Labute approximate surface area is 80.5 Å². The van der Waals surface area contributed by atoms with Crippen molar-refractivity contribution >= 4 is 11.6 Å². The first kappa shape index (κ1) is 10.4. The lowest BCUT2D eigenvalue weighted by molar-refractivity contribution is 0.317. The molecule has 4 heteroatoms. The smallest absolute Gasteiger partial charge is 0.130 e. The fourth-order valence-corrected chi connectivity index (χ4v) is 1.22. The Bertz CT molecular complexity index is 291. The van der Waals surface area contributed by atoms with E-state index < -0.39 is 12.0 Å². The second-order valence-corrected chi connectivity index (χ2v) is 3.15. The fraction of sp³-hybridized carbons (Fsp3) is 0.333. The Balaban J connectivity index is 2.88. The van der Waals surface area contributed by atoms with Crippen LogP contribution in [0.4, 0.5) is 8.78 Å². The van der Waals surface area contributed by atoms with Gasteiger partial charge in [-0.15, -0.1) is 0 Å². The van der Waals surface area contributed by atoms with E-state index in [0.717, 1.165) is 6.07 Å². The molecule has 72 valence electrons. The molecule has 0 aliphatic rings. The number of hydrogen-bond donors (Lipinski definition) is 1. The van der Waals surface area contributed by atoms with E-state index in [1.807, 2.05) is 0 Å². The third-order valence-corrected chi connectivity index (χ3v) is 1.96. The molecule has 0 fully saturated rings. The quantitative estimate of drug-likeness (QED) is 0.807. The van der Waals surface area contributed by atoms with Crippen molar-refractivity contribution in [2.75, 3.05) is 6.54 Å². The van der Waals surface area contributed by atoms with Crippen LogP contribution in [0.25, 0.3) is 0 Å². The number of benzene rings is 1. The lowest BCUT2D eigenvalue weighted by Gasteiger charge is -2.07. The number of rotatable bonds is 3. The summed E-state index contributed by atoms with van der Waals surface area (Å²) in [5.41, 5.74) is 5.18. The topological polar surface area (TPSA) is 26.0 Å². The largest absolute Gasteiger partial charge is 0.330 e. The van der Waals surface area contributed by atoms with E-state index in [1.165, 1.54) is 12.1 Å². The first-order chi connectivity index (χ1) is 6.15. The Morgan fingerprint density at radius 1 is 1.46 bits per heavy atom. The highest BCUT2D eigenvalue weighted by atomic mass is 35.5. The number of halogens is 3. The van der Waals surface area contributed by atoms with Gasteiger partial charge in [0.25, 0.3) is 0 Å². The summed E-state index contributed by atoms with van der Waals surface area (Å²) in [5.74, 6) is -0.617. The monoisotopic (exact) mass is 205 g/mol. The van der Waals surface area contributed by atoms with Crippen molar-refractivity contribution < 1.29 is 8.78 Å². The highest BCUT2D eigenvalue weighted by Gasteiger charge is 2.13. The molecule has 2 N–H and O–H groups in total. The summed E-state index contributed by atoms with van der Waals surface area (Å²) < 4.78 is 26.2. The van der Waals surface area contributed by atoms with Crippen LogP contribution in [0.15, 0.2) is 18.2 Å². The van der Waals surface area contributed by atoms with E-state index in [4.69, 9.17) is 17.3 Å². The minimum absolute atomic E-state index is 0.0230. The third kappa shape index (κ3) is 2.64. The molecule has 1 rings (SSSR count). The van der Waals surface area contributed by atoms with Crippen LogP contribution in [-0.4, -0.2) is 6.54 Å². The Hall–Kier alpha value is -0.670. The zero-order valence-electron chi connectivity index (χ0n) is 6.93. The first-order valence-electron chi connectivity index (χ1n) is 3.94. The Morgan fingerprint density at radius 2 is 2.15 bits per heavy atom. The average molecular weight is 206 g/mol. The highest BCUT2D eigenvalue weighted by Crippen LogP contribution is 2.25. The summed E-state index contributed by atoms with van der Waals surface area (Å²) in [6.07, 6.45) is -1.22. The molecule has 0 saturated carbocycles. The first-order valence-corrected chi connectivity index (χ1v) is 4.32. The van der Waals surface area contributed by atoms with E-state index in [1.54, 1.807) is 0 Å². The third-order valence-electron chi connectivity index (χ3n) is 1.72. The summed E-state index contributed by atoms with van der Waals surface area (Å²) >= 11 is 5.51. The van der Waals surface area contributed by atoms with Crippen molar-refractivity contribution in [1.29, 1.82) is 0 Å². The lowest BCUT2D eigenvalue weighted by Crippen LogP contribution is -2.05. The summed E-state index contributed by atoms with van der Waals surface area (Å²) in [6, 6.07) is 3.90. The molecule has 0 radical (unpaired) electrons. The SMILES string of the molecule is NCCC(F)c1ccc(Cl)cc1F. The zero-order chi connectivity index (χ0) is 9.84. The molecule has 1 atom stereocenters. The van der Waals surface area contributed by atoms with Crippen molar-refractivity contribution in [3.05, 3.63) is 34.6 Å². The minimum atomic E-state index is -1.35. The van der Waals surface area contributed by atoms with E-state index >= 15 is 0 Å². The second kappa shape index (κ2) is 4.53. The molecule has 13 heavy (non-hydrogen) atoms. The van der Waals surface area contributed by atoms with E-state index in [-0.39, 0.29) is 23.6 Å². The van der Waals surface area contributed by atoms with Gasteiger partial charge in [-0.2, -0.15) is 0 Å². The van der Waals surface area contributed by atoms with Crippen molar-refractivity contribution in [3.63, 3.8) is 0 Å². The van der Waals surface area contributed by atoms with Gasteiger partial charge in [-0.3, -0.25) is 0 Å². The van der Waals surface area contributed by atoms with Gasteiger partial charge in [0.15, 0.2) is 0 Å². The van der Waals surface area contributed by atoms with Crippen LogP contribution in [0.1, 0.15) is 18.2 Å². The molecular weight excluding hydrogens is 196 g/mol. The van der Waals surface area contributed by atoms with Gasteiger partial charge in [0.05, 0.1) is 0 Å². The van der Waals surface area contributed by atoms with Gasteiger partial charge in [0.2, 0.25) is 0 Å². The fourth-order valence-electron chi connectivity index (χ4n) is 1.06. The van der Waals surface area contributed by atoms with E-state index in [0.29, 0.717) is 0 Å². The van der Waals surface area contributed by atoms with E-state index in [2.05, 4.69) is 0 Å². The maximum atomic E-state index is 13.2. The van der Waals surface area contributed by atoms with Crippen LogP contribution in [0.5, 0.6) is 0 Å². The molecule has 0 amide bonds. The van der Waals surface area contributed by atoms with Crippen LogP contribution >= 0.6 is 11.6 Å². The second-order valence-electron chi connectivity index (χ2n) is 2.71. The van der Waals surface area contributed by atoms with Gasteiger partial charge in [-0.1, -0.05) is 17.7 Å². The average Bonchev–Trinajstić information content (AvgIpc) is 2.04. The molecular formula is C9H10ClF2N. The van der Waals surface area contributed by atoms with Crippen molar-refractivity contribution in [3.8, 4) is 0 Å². The molecule has 0 heterocycles. The van der Waals surface area contributed by atoms with Crippen molar-refractivity contribution in [1.82, 2.24) is 0 Å². The van der Waals surface area contributed by atoms with Crippen molar-refractivity contribution in [2.45, 2.75) is 12.6 Å². The molecule has 0 bridgehead atoms. The van der Waals surface area contributed by atoms with Gasteiger partial charge >= 0.3 is 0 Å². The number of hydrogen-bond acceptors (Lipinski definition) is 1. The maximum Gasteiger partial charge on any atom is 0.130 e. The Kier molecular flexibility index (Phi) is 3.63. The molecule has 0 aliphatic carbocycles. The standard InChI is InChI=1S/C9H10ClF2N/c10-6-1-2-7(9(12)5-6)8(11)3-4-13/h1-2,5,8H,3-4,13H2. The van der Waals surface area contributed by atoms with Gasteiger partial charge in [-0.05, 0) is 25.1 Å². The Morgan fingerprint density at radius 3 is 2.69 bits per heavy atom. The van der Waals surface area contributed by atoms with E-state index in [9.17, 15) is 8.78 Å². The summed E-state index contributed by atoms with van der Waals surface area (Å²) in [7, 11) is 0. The molecule has 0 aromatic heterocycles. The molecule has 1 nitrogen and oxygen atoms in total. The number of alkyl halides is 1. The van der Waals surface area contributed by atoms with Crippen LogP contribution in [0, 0.1) is 5.82 Å². The highest BCUT2D eigenvalue weighted by molar-refractivity contribution is 6.30. The zero-order valence-corrected chi connectivity index (χ0v) is 7.69. The van der Waals surface area contributed by atoms with Gasteiger partial charge in [0, 0.05) is 10.6 Å². The normalized spacial score (nSPS) is 12.9. The minimum Gasteiger partial charge on any atom is -0.330 e. The van der Waals surface area contributed by atoms with Gasteiger partial charge in [-0.25, -0.2) is 8.78 Å². The van der Waals surface area contributed by atoms with Crippen LogP contribution in [0.2, 0.25) is 5.02 Å². The maximum absolute atomic E-state index is 13.2. The predicted molar refractivity (Wildman–Crippen MR) is 48.9 cm³/mol. The lowest BCUT2D eigenvalue weighted by atomic mass is 10.1. The molecule has 0 spiro atoms. The van der Waals surface area contributed by atoms with Crippen LogP contribution < -0.4 is 5.73 Å². The molecule has 0 saturated heterocycles. The molecule has 1 aromatic rings. The number of nitrogens with two attached hydrogens (primary N) is 1. The molecule has 1 aromatic carbocycles. The molecule has 0 aliphatic heterocycles. The van der Waals surface area contributed by atoms with Crippen LogP contribution in [0.3, 0.4) is 0 Å². The van der Waals surface area contributed by atoms with Crippen LogP contribution in [-0.2, 0) is 0 Å². The van der Waals surface area contributed by atoms with Gasteiger partial charge in [0.1, 0.15) is 12.0 Å². The summed E-state index contributed by atoms with van der Waals surface area (Å²) in [6.45, 7) is 0.198. The summed E-state index contributed by atoms with van der Waals surface area (Å²) in [4.78, 5) is 0. The summed E-state index contributed by atoms with van der Waals surface area (Å²) in [5, 5.41) is 0.265. The van der Waals surface area contributed by atoms with Gasteiger partial charge < -0.3 is 5.73 Å².